The summed E-state index contributed by atoms with van der Waals surface area (Å²) in [5.74, 6) is 0. The van der Waals surface area contributed by atoms with Crippen molar-refractivity contribution in [2.75, 3.05) is 10.5 Å². The predicted molar refractivity (Wildman–Crippen MR) is 87.6 cm³/mol. The summed E-state index contributed by atoms with van der Waals surface area (Å²) in [6, 6.07) is 7.89. The molecule has 0 aliphatic carbocycles. The van der Waals surface area contributed by atoms with Gasteiger partial charge < -0.3 is 5.73 Å². The molecule has 7 heteroatoms. The third kappa shape index (κ3) is 3.26. The molecule has 2 aromatic rings. The van der Waals surface area contributed by atoms with E-state index in [0.29, 0.717) is 11.3 Å². The molecule has 0 bridgehead atoms. The Labute approximate surface area is 133 Å². The van der Waals surface area contributed by atoms with Gasteiger partial charge in [-0.3, -0.25) is 4.72 Å². The Morgan fingerprint density at radius 2 is 1.67 bits per heavy atom. The van der Waals surface area contributed by atoms with Gasteiger partial charge in [-0.05, 0) is 49.2 Å². The maximum Gasteiger partial charge on any atom is 0.262 e. The van der Waals surface area contributed by atoms with Crippen LogP contribution in [-0.4, -0.2) is 8.42 Å². The highest BCUT2D eigenvalue weighted by Crippen LogP contribution is 2.33. The lowest BCUT2D eigenvalue weighted by Crippen LogP contribution is -2.15. The summed E-state index contributed by atoms with van der Waals surface area (Å²) in [5.41, 5.74) is 7.68. The van der Waals surface area contributed by atoms with Crippen LogP contribution in [0.2, 0.25) is 10.0 Å². The van der Waals surface area contributed by atoms with Crippen LogP contribution >= 0.6 is 23.2 Å². The largest absolute Gasteiger partial charge is 0.399 e. The quantitative estimate of drug-likeness (QED) is 0.826. The molecule has 0 spiro atoms. The zero-order valence-electron chi connectivity index (χ0n) is 11.4. The van der Waals surface area contributed by atoms with Crippen LogP contribution in [0.5, 0.6) is 0 Å². The molecular formula is C14H14Cl2N2O2S. The molecule has 0 aromatic heterocycles. The van der Waals surface area contributed by atoms with E-state index in [0.717, 1.165) is 5.56 Å². The van der Waals surface area contributed by atoms with Crippen LogP contribution in [0.15, 0.2) is 35.2 Å². The van der Waals surface area contributed by atoms with E-state index in [2.05, 4.69) is 4.72 Å². The highest BCUT2D eigenvalue weighted by molar-refractivity contribution is 7.92. The van der Waals surface area contributed by atoms with E-state index in [1.54, 1.807) is 38.1 Å². The third-order valence-corrected chi connectivity index (χ3v) is 5.24. The van der Waals surface area contributed by atoms with Crippen LogP contribution in [0.4, 0.5) is 11.4 Å². The van der Waals surface area contributed by atoms with Crippen molar-refractivity contribution in [2.45, 2.75) is 18.7 Å². The summed E-state index contributed by atoms with van der Waals surface area (Å²) in [7, 11) is -3.83. The number of aryl methyl sites for hydroxylation is 1. The monoisotopic (exact) mass is 344 g/mol. The molecule has 0 radical (unpaired) electrons. The van der Waals surface area contributed by atoms with E-state index in [1.807, 2.05) is 0 Å². The van der Waals surface area contributed by atoms with Gasteiger partial charge in [0.1, 0.15) is 0 Å². The van der Waals surface area contributed by atoms with Gasteiger partial charge in [0.25, 0.3) is 10.0 Å². The number of hydrogen-bond acceptors (Lipinski definition) is 3. The first-order valence-electron chi connectivity index (χ1n) is 6.06. The second-order valence-electron chi connectivity index (χ2n) is 4.66. The number of para-hydroxylation sites is 1. The molecule has 2 aromatic carbocycles. The second kappa shape index (κ2) is 5.75. The SMILES string of the molecule is Cc1cc(N)cc(S(=O)(=O)Nc2c(Cl)cccc2Cl)c1C. The summed E-state index contributed by atoms with van der Waals surface area (Å²) < 4.78 is 27.5. The van der Waals surface area contributed by atoms with Gasteiger partial charge in [-0.2, -0.15) is 0 Å². The van der Waals surface area contributed by atoms with Crippen LogP contribution in [0.3, 0.4) is 0 Å². The predicted octanol–water partition coefficient (Wildman–Crippen LogP) is 3.99. The summed E-state index contributed by atoms with van der Waals surface area (Å²) in [6.07, 6.45) is 0. The van der Waals surface area contributed by atoms with Crippen molar-refractivity contribution in [3.8, 4) is 0 Å². The highest BCUT2D eigenvalue weighted by atomic mass is 35.5. The third-order valence-electron chi connectivity index (χ3n) is 3.13. The van der Waals surface area contributed by atoms with Crippen molar-refractivity contribution < 1.29 is 8.42 Å². The fourth-order valence-corrected chi connectivity index (χ4v) is 3.98. The fourth-order valence-electron chi connectivity index (χ4n) is 1.92. The number of nitrogen functional groups attached to an aromatic ring is 1. The minimum Gasteiger partial charge on any atom is -0.399 e. The van der Waals surface area contributed by atoms with E-state index in [9.17, 15) is 8.42 Å². The molecule has 0 heterocycles. The fraction of sp³-hybridized carbons (Fsp3) is 0.143. The molecular weight excluding hydrogens is 331 g/mol. The minimum atomic E-state index is -3.83. The summed E-state index contributed by atoms with van der Waals surface area (Å²) in [4.78, 5) is 0.107. The molecule has 4 nitrogen and oxygen atoms in total. The van der Waals surface area contributed by atoms with Crippen LogP contribution in [-0.2, 0) is 10.0 Å². The molecule has 0 aliphatic rings. The second-order valence-corrected chi connectivity index (χ2v) is 7.13. The molecule has 0 fully saturated rings. The van der Waals surface area contributed by atoms with E-state index in [4.69, 9.17) is 28.9 Å². The van der Waals surface area contributed by atoms with Crippen molar-refractivity contribution in [1.82, 2.24) is 0 Å². The van der Waals surface area contributed by atoms with Crippen molar-refractivity contribution in [1.29, 1.82) is 0 Å². The lowest BCUT2D eigenvalue weighted by Gasteiger charge is -2.14. The van der Waals surface area contributed by atoms with Crippen molar-refractivity contribution in [3.63, 3.8) is 0 Å². The Hall–Kier alpha value is -1.43. The zero-order valence-corrected chi connectivity index (χ0v) is 13.8. The first-order chi connectivity index (χ1) is 9.72. The molecule has 0 aliphatic heterocycles. The number of nitrogens with two attached hydrogens (primary N) is 1. The van der Waals surface area contributed by atoms with E-state index in [1.165, 1.54) is 6.07 Å². The maximum absolute atomic E-state index is 12.5. The maximum atomic E-state index is 12.5. The molecule has 0 amide bonds. The Kier molecular flexibility index (Phi) is 4.37. The van der Waals surface area contributed by atoms with Crippen molar-refractivity contribution in [2.24, 2.45) is 0 Å². The van der Waals surface area contributed by atoms with E-state index < -0.39 is 10.0 Å². The van der Waals surface area contributed by atoms with Gasteiger partial charge in [-0.25, -0.2) is 8.42 Å². The van der Waals surface area contributed by atoms with Crippen LogP contribution in [0.25, 0.3) is 0 Å². The zero-order chi connectivity index (χ0) is 15.8. The summed E-state index contributed by atoms with van der Waals surface area (Å²) >= 11 is 12.0. The Morgan fingerprint density at radius 3 is 2.24 bits per heavy atom. The first kappa shape index (κ1) is 15.9. The van der Waals surface area contributed by atoms with Crippen molar-refractivity contribution >= 4 is 44.6 Å². The number of halogens is 2. The normalized spacial score (nSPS) is 11.4. The van der Waals surface area contributed by atoms with Gasteiger partial charge in [-0.15, -0.1) is 0 Å². The summed E-state index contributed by atoms with van der Waals surface area (Å²) in [5, 5.41) is 0.453. The van der Waals surface area contributed by atoms with E-state index in [-0.39, 0.29) is 20.6 Å². The lowest BCUT2D eigenvalue weighted by molar-refractivity contribution is 0.600. The highest BCUT2D eigenvalue weighted by Gasteiger charge is 2.21. The van der Waals surface area contributed by atoms with Crippen LogP contribution in [0, 0.1) is 13.8 Å². The van der Waals surface area contributed by atoms with Crippen LogP contribution < -0.4 is 10.5 Å². The average molecular weight is 345 g/mol. The van der Waals surface area contributed by atoms with E-state index >= 15 is 0 Å². The van der Waals surface area contributed by atoms with Gasteiger partial charge >= 0.3 is 0 Å². The Morgan fingerprint density at radius 1 is 1.10 bits per heavy atom. The lowest BCUT2D eigenvalue weighted by atomic mass is 10.1. The average Bonchev–Trinajstić information content (AvgIpc) is 2.38. The molecule has 21 heavy (non-hydrogen) atoms. The molecule has 0 saturated carbocycles. The molecule has 0 unspecified atom stereocenters. The first-order valence-corrected chi connectivity index (χ1v) is 8.30. The molecule has 2 rings (SSSR count). The topological polar surface area (TPSA) is 72.2 Å². The number of nitrogens with one attached hydrogen (secondary N) is 1. The number of hydrogen-bond donors (Lipinski definition) is 2. The van der Waals surface area contributed by atoms with Crippen molar-refractivity contribution in [3.05, 3.63) is 51.5 Å². The van der Waals surface area contributed by atoms with Gasteiger partial charge in [0, 0.05) is 5.69 Å². The number of anilines is 2. The number of benzene rings is 2. The van der Waals surface area contributed by atoms with Gasteiger partial charge in [0.05, 0.1) is 20.6 Å². The van der Waals surface area contributed by atoms with Gasteiger partial charge in [-0.1, -0.05) is 29.3 Å². The summed E-state index contributed by atoms with van der Waals surface area (Å²) in [6.45, 7) is 3.52. The van der Waals surface area contributed by atoms with Crippen LogP contribution in [0.1, 0.15) is 11.1 Å². The Balaban J connectivity index is 2.54. The molecule has 0 saturated heterocycles. The smallest absolute Gasteiger partial charge is 0.262 e. The number of sulfonamides is 1. The van der Waals surface area contributed by atoms with Gasteiger partial charge in [0.2, 0.25) is 0 Å². The Bertz CT molecular complexity index is 785. The molecule has 112 valence electrons. The minimum absolute atomic E-state index is 0.107. The van der Waals surface area contributed by atoms with Gasteiger partial charge in [0.15, 0.2) is 0 Å². The number of rotatable bonds is 3. The molecule has 3 N–H and O–H groups in total. The molecule has 0 atom stereocenters. The standard InChI is InChI=1S/C14H14Cl2N2O2S/c1-8-6-10(17)7-13(9(8)2)21(19,20)18-14-11(15)4-3-5-12(14)16/h3-7,18H,17H2,1-2H3.